The summed E-state index contributed by atoms with van der Waals surface area (Å²) in [7, 11) is 0. The van der Waals surface area contributed by atoms with Gasteiger partial charge in [0.1, 0.15) is 11.6 Å². The molecular formula is C23H15F3N2O2. The van der Waals surface area contributed by atoms with Crippen LogP contribution in [0, 0.1) is 17.5 Å². The number of carbonyl (C=O) groups excluding carboxylic acids is 1. The number of amides is 1. The molecule has 0 aliphatic rings. The normalized spacial score (nSPS) is 10.8. The van der Waals surface area contributed by atoms with Gasteiger partial charge in [-0.3, -0.25) is 4.79 Å². The first kappa shape index (κ1) is 19.4. The first-order chi connectivity index (χ1) is 14.5. The second-order valence-electron chi connectivity index (χ2n) is 6.50. The number of anilines is 1. The van der Waals surface area contributed by atoms with Crippen LogP contribution >= 0.6 is 0 Å². The van der Waals surface area contributed by atoms with Gasteiger partial charge in [0.05, 0.1) is 11.2 Å². The van der Waals surface area contributed by atoms with Gasteiger partial charge in [-0.25, -0.2) is 18.2 Å². The number of nitrogens with zero attached hydrogens (tertiary/aromatic N) is 1. The largest absolute Gasteiger partial charge is 0.483 e. The van der Waals surface area contributed by atoms with E-state index in [4.69, 9.17) is 4.74 Å². The SMILES string of the molecule is O=C(COc1cc(-c2ccccc2)nc2ccc(F)cc12)Nc1ccc(F)c(F)c1. The van der Waals surface area contributed by atoms with Crippen molar-refractivity contribution < 1.29 is 22.7 Å². The molecule has 0 aliphatic carbocycles. The maximum atomic E-state index is 13.8. The van der Waals surface area contributed by atoms with E-state index in [1.165, 1.54) is 24.3 Å². The van der Waals surface area contributed by atoms with Crippen molar-refractivity contribution in [2.75, 3.05) is 11.9 Å². The third-order valence-corrected chi connectivity index (χ3v) is 4.36. The molecule has 7 heteroatoms. The fourth-order valence-electron chi connectivity index (χ4n) is 2.96. The summed E-state index contributed by atoms with van der Waals surface area (Å²) in [6, 6.07) is 18.1. The third-order valence-electron chi connectivity index (χ3n) is 4.36. The Labute approximate surface area is 169 Å². The van der Waals surface area contributed by atoms with Crippen LogP contribution in [0.1, 0.15) is 0 Å². The lowest BCUT2D eigenvalue weighted by atomic mass is 10.1. The van der Waals surface area contributed by atoms with Gasteiger partial charge in [0.15, 0.2) is 18.2 Å². The Hall–Kier alpha value is -3.87. The Morgan fingerprint density at radius 3 is 2.47 bits per heavy atom. The molecule has 0 spiro atoms. The Bertz CT molecular complexity index is 1230. The van der Waals surface area contributed by atoms with Crippen LogP contribution in [0.3, 0.4) is 0 Å². The summed E-state index contributed by atoms with van der Waals surface area (Å²) >= 11 is 0. The summed E-state index contributed by atoms with van der Waals surface area (Å²) in [6.07, 6.45) is 0. The third kappa shape index (κ3) is 4.25. The molecule has 4 rings (SSSR count). The van der Waals surface area contributed by atoms with Gasteiger partial charge in [0.2, 0.25) is 0 Å². The highest BCUT2D eigenvalue weighted by atomic mass is 19.2. The van der Waals surface area contributed by atoms with Gasteiger partial charge in [-0.05, 0) is 30.3 Å². The average molecular weight is 408 g/mol. The molecule has 0 unspecified atom stereocenters. The molecule has 1 amide bonds. The summed E-state index contributed by atoms with van der Waals surface area (Å²) in [5, 5.41) is 2.84. The lowest BCUT2D eigenvalue weighted by Gasteiger charge is -2.12. The standard InChI is InChI=1S/C23H15F3N2O2/c24-15-6-9-20-17(10-15)22(12-21(28-20)14-4-2-1-3-5-14)30-13-23(29)27-16-7-8-18(25)19(26)11-16/h1-12H,13H2,(H,27,29). The van der Waals surface area contributed by atoms with Crippen LogP contribution in [-0.2, 0) is 4.79 Å². The van der Waals surface area contributed by atoms with Crippen molar-refractivity contribution >= 4 is 22.5 Å². The van der Waals surface area contributed by atoms with E-state index in [-0.39, 0.29) is 11.4 Å². The molecule has 0 atom stereocenters. The number of benzene rings is 3. The molecule has 0 fully saturated rings. The van der Waals surface area contributed by atoms with E-state index in [2.05, 4.69) is 10.3 Å². The number of carbonyl (C=O) groups is 1. The van der Waals surface area contributed by atoms with Crippen LogP contribution in [0.4, 0.5) is 18.9 Å². The molecule has 1 heterocycles. The van der Waals surface area contributed by atoms with Crippen molar-refractivity contribution in [1.29, 1.82) is 0 Å². The summed E-state index contributed by atoms with van der Waals surface area (Å²) in [6.45, 7) is -0.414. The number of nitrogens with one attached hydrogen (secondary N) is 1. The van der Waals surface area contributed by atoms with Crippen molar-refractivity contribution in [2.45, 2.75) is 0 Å². The first-order valence-electron chi connectivity index (χ1n) is 9.03. The second kappa shape index (κ2) is 8.24. The van der Waals surface area contributed by atoms with Gasteiger partial charge in [-0.1, -0.05) is 30.3 Å². The Balaban J connectivity index is 1.59. The molecule has 1 aromatic heterocycles. The molecule has 0 saturated heterocycles. The van der Waals surface area contributed by atoms with Crippen molar-refractivity contribution in [1.82, 2.24) is 4.98 Å². The van der Waals surface area contributed by atoms with Crippen molar-refractivity contribution in [3.63, 3.8) is 0 Å². The minimum atomic E-state index is -1.07. The molecule has 4 nitrogen and oxygen atoms in total. The van der Waals surface area contributed by atoms with Crippen LogP contribution < -0.4 is 10.1 Å². The molecule has 4 aromatic rings. The van der Waals surface area contributed by atoms with Gasteiger partial charge in [0.25, 0.3) is 5.91 Å². The summed E-state index contributed by atoms with van der Waals surface area (Å²) < 4.78 is 45.7. The zero-order valence-electron chi connectivity index (χ0n) is 15.5. The number of hydrogen-bond acceptors (Lipinski definition) is 3. The van der Waals surface area contributed by atoms with Crippen LogP contribution in [0.15, 0.2) is 72.8 Å². The topological polar surface area (TPSA) is 51.2 Å². The molecule has 1 N–H and O–H groups in total. The minimum absolute atomic E-state index is 0.0955. The summed E-state index contributed by atoms with van der Waals surface area (Å²) in [4.78, 5) is 16.7. The lowest BCUT2D eigenvalue weighted by molar-refractivity contribution is -0.118. The highest BCUT2D eigenvalue weighted by molar-refractivity contribution is 5.93. The summed E-state index contributed by atoms with van der Waals surface area (Å²) in [5.74, 6) is -2.85. The molecule has 150 valence electrons. The highest BCUT2D eigenvalue weighted by Gasteiger charge is 2.12. The quantitative estimate of drug-likeness (QED) is 0.485. The van der Waals surface area contributed by atoms with Crippen LogP contribution in [-0.4, -0.2) is 17.5 Å². The van der Waals surface area contributed by atoms with E-state index in [0.29, 0.717) is 16.6 Å². The molecule has 0 radical (unpaired) electrons. The van der Waals surface area contributed by atoms with Gasteiger partial charge in [0, 0.05) is 28.8 Å². The van der Waals surface area contributed by atoms with Gasteiger partial charge in [-0.2, -0.15) is 0 Å². The number of ether oxygens (including phenoxy) is 1. The minimum Gasteiger partial charge on any atom is -0.483 e. The number of halogens is 3. The number of fused-ring (bicyclic) bond motifs is 1. The number of hydrogen-bond donors (Lipinski definition) is 1. The van der Waals surface area contributed by atoms with E-state index in [1.807, 2.05) is 30.3 Å². The van der Waals surface area contributed by atoms with Crippen LogP contribution in [0.2, 0.25) is 0 Å². The zero-order valence-corrected chi connectivity index (χ0v) is 15.5. The predicted molar refractivity (Wildman–Crippen MR) is 108 cm³/mol. The molecule has 30 heavy (non-hydrogen) atoms. The molecular weight excluding hydrogens is 393 g/mol. The lowest BCUT2D eigenvalue weighted by Crippen LogP contribution is -2.20. The average Bonchev–Trinajstić information content (AvgIpc) is 2.75. The van der Waals surface area contributed by atoms with E-state index >= 15 is 0 Å². The fourth-order valence-corrected chi connectivity index (χ4v) is 2.96. The molecule has 3 aromatic carbocycles. The summed E-state index contributed by atoms with van der Waals surface area (Å²) in [5.41, 5.74) is 2.04. The monoisotopic (exact) mass is 408 g/mol. The molecule has 0 bridgehead atoms. The van der Waals surface area contributed by atoms with E-state index in [9.17, 15) is 18.0 Å². The van der Waals surface area contributed by atoms with Gasteiger partial charge >= 0.3 is 0 Å². The predicted octanol–water partition coefficient (Wildman–Crippen LogP) is 5.34. The highest BCUT2D eigenvalue weighted by Crippen LogP contribution is 2.30. The molecule has 0 saturated carbocycles. The number of rotatable bonds is 5. The van der Waals surface area contributed by atoms with Gasteiger partial charge in [-0.15, -0.1) is 0 Å². The maximum absolute atomic E-state index is 13.8. The Morgan fingerprint density at radius 1 is 0.900 bits per heavy atom. The Morgan fingerprint density at radius 2 is 1.70 bits per heavy atom. The van der Waals surface area contributed by atoms with E-state index in [0.717, 1.165) is 17.7 Å². The van der Waals surface area contributed by atoms with Crippen LogP contribution in [0.5, 0.6) is 5.75 Å². The fraction of sp³-hybridized carbons (Fsp3) is 0.0435. The zero-order chi connectivity index (χ0) is 21.1. The Kier molecular flexibility index (Phi) is 5.34. The van der Waals surface area contributed by atoms with Crippen molar-refractivity contribution in [2.24, 2.45) is 0 Å². The van der Waals surface area contributed by atoms with Crippen molar-refractivity contribution in [3.05, 3.63) is 90.2 Å². The van der Waals surface area contributed by atoms with E-state index < -0.39 is 30.0 Å². The van der Waals surface area contributed by atoms with Gasteiger partial charge < -0.3 is 10.1 Å². The second-order valence-corrected chi connectivity index (χ2v) is 6.50. The smallest absolute Gasteiger partial charge is 0.262 e. The van der Waals surface area contributed by atoms with E-state index in [1.54, 1.807) is 6.07 Å². The van der Waals surface area contributed by atoms with Crippen molar-refractivity contribution in [3.8, 4) is 17.0 Å². The van der Waals surface area contributed by atoms with Crippen LogP contribution in [0.25, 0.3) is 22.2 Å². The number of pyridine rings is 1. The maximum Gasteiger partial charge on any atom is 0.262 e. The number of aromatic nitrogens is 1. The molecule has 0 aliphatic heterocycles. The first-order valence-corrected chi connectivity index (χ1v) is 9.03.